The van der Waals surface area contributed by atoms with E-state index in [1.165, 1.54) is 18.2 Å². The summed E-state index contributed by atoms with van der Waals surface area (Å²) >= 11 is 0. The third-order valence-electron chi connectivity index (χ3n) is 4.87. The molecule has 0 fully saturated rings. The average molecular weight is 548 g/mol. The highest BCUT2D eigenvalue weighted by Gasteiger charge is 2.22. The summed E-state index contributed by atoms with van der Waals surface area (Å²) in [6.07, 6.45) is -2.52. The van der Waals surface area contributed by atoms with Crippen molar-refractivity contribution in [3.8, 4) is 17.2 Å². The Bertz CT molecular complexity index is 1090. The molecule has 0 aromatic heterocycles. The van der Waals surface area contributed by atoms with Crippen LogP contribution in [-0.2, 0) is 25.4 Å². The second-order valence-electron chi connectivity index (χ2n) is 8.28. The molecule has 212 valence electrons. The van der Waals surface area contributed by atoms with Crippen LogP contribution in [0.4, 0.5) is 14.4 Å². The number of rotatable bonds is 14. The lowest BCUT2D eigenvalue weighted by molar-refractivity contribution is -0.139. The first-order chi connectivity index (χ1) is 18.7. The Hall–Kier alpha value is -4.32. The molecule has 2 aromatic rings. The largest absolute Gasteiger partial charge is 0.514 e. The minimum atomic E-state index is -1.16. The second-order valence-corrected chi connectivity index (χ2v) is 8.28. The second kappa shape index (κ2) is 16.5. The molecule has 12 heteroatoms. The molecule has 0 aliphatic carbocycles. The lowest BCUT2D eigenvalue weighted by Crippen LogP contribution is -2.42. The number of hydrogen-bond acceptors (Lipinski definition) is 11. The summed E-state index contributed by atoms with van der Waals surface area (Å²) in [4.78, 5) is 47.8. The standard InChI is InChI=1S/C27H33NO11/c1-4-13-34-25(31)38-22-12-11-19(16-23(22)39-26(32)35-14-5-2)15-21(24(29)30)28-17-18(3)36-27(33)37-20-9-7-6-8-10-20/h6-12,16,18,21,28H,4-5,13-15,17H2,1-3H3,(H,29,30)/t18?,21-/m0/s1. The van der Waals surface area contributed by atoms with Crippen molar-refractivity contribution in [1.29, 1.82) is 0 Å². The maximum Gasteiger partial charge on any atom is 0.514 e. The van der Waals surface area contributed by atoms with Gasteiger partial charge < -0.3 is 38.8 Å². The van der Waals surface area contributed by atoms with Crippen LogP contribution < -0.4 is 19.5 Å². The van der Waals surface area contributed by atoms with Crippen LogP contribution in [0.1, 0.15) is 39.2 Å². The van der Waals surface area contributed by atoms with E-state index in [-0.39, 0.29) is 37.7 Å². The fraction of sp³-hybridized carbons (Fsp3) is 0.407. The van der Waals surface area contributed by atoms with Crippen molar-refractivity contribution in [3.63, 3.8) is 0 Å². The molecule has 2 N–H and O–H groups in total. The number of carboxylic acids is 1. The number of benzene rings is 2. The van der Waals surface area contributed by atoms with E-state index in [0.717, 1.165) is 0 Å². The van der Waals surface area contributed by atoms with E-state index in [0.29, 0.717) is 24.2 Å². The van der Waals surface area contributed by atoms with Gasteiger partial charge in [0.1, 0.15) is 17.9 Å². The van der Waals surface area contributed by atoms with Crippen molar-refractivity contribution < 1.29 is 52.7 Å². The normalized spacial score (nSPS) is 12.0. The summed E-state index contributed by atoms with van der Waals surface area (Å²) in [5.74, 6) is -1.10. The first kappa shape index (κ1) is 30.9. The molecule has 0 aliphatic rings. The molecule has 0 heterocycles. The van der Waals surface area contributed by atoms with Crippen molar-refractivity contribution in [3.05, 3.63) is 54.1 Å². The number of carbonyl (C=O) groups is 4. The molecule has 12 nitrogen and oxygen atoms in total. The van der Waals surface area contributed by atoms with Gasteiger partial charge in [-0.15, -0.1) is 0 Å². The number of carbonyl (C=O) groups excluding carboxylic acids is 3. The van der Waals surface area contributed by atoms with Gasteiger partial charge >= 0.3 is 24.4 Å². The highest BCUT2D eigenvalue weighted by Crippen LogP contribution is 2.30. The van der Waals surface area contributed by atoms with Crippen LogP contribution in [0.3, 0.4) is 0 Å². The predicted molar refractivity (Wildman–Crippen MR) is 137 cm³/mol. The lowest BCUT2D eigenvalue weighted by Gasteiger charge is -2.19. The van der Waals surface area contributed by atoms with Gasteiger partial charge in [0.2, 0.25) is 0 Å². The number of ether oxygens (including phenoxy) is 6. The van der Waals surface area contributed by atoms with E-state index in [1.54, 1.807) is 37.3 Å². The van der Waals surface area contributed by atoms with Gasteiger partial charge in [-0.3, -0.25) is 4.79 Å². The summed E-state index contributed by atoms with van der Waals surface area (Å²) < 4.78 is 30.4. The Kier molecular flexibility index (Phi) is 13.1. The fourth-order valence-electron chi connectivity index (χ4n) is 3.06. The van der Waals surface area contributed by atoms with Crippen molar-refractivity contribution in [2.75, 3.05) is 19.8 Å². The van der Waals surface area contributed by atoms with E-state index in [1.807, 2.05) is 13.8 Å². The average Bonchev–Trinajstić information content (AvgIpc) is 2.90. The van der Waals surface area contributed by atoms with Crippen LogP contribution in [-0.4, -0.2) is 61.4 Å². The Morgan fingerprint density at radius 2 is 1.44 bits per heavy atom. The molecule has 0 saturated carbocycles. The molecular weight excluding hydrogens is 514 g/mol. The number of aliphatic carboxylic acids is 1. The van der Waals surface area contributed by atoms with Crippen molar-refractivity contribution >= 4 is 24.4 Å². The molecule has 0 bridgehead atoms. The zero-order chi connectivity index (χ0) is 28.6. The van der Waals surface area contributed by atoms with E-state index in [2.05, 4.69) is 5.32 Å². The van der Waals surface area contributed by atoms with Crippen LogP contribution in [0.2, 0.25) is 0 Å². The van der Waals surface area contributed by atoms with Crippen LogP contribution in [0, 0.1) is 0 Å². The summed E-state index contributed by atoms with van der Waals surface area (Å²) in [6, 6.07) is 11.5. The smallest absolute Gasteiger partial charge is 0.480 e. The zero-order valence-corrected chi connectivity index (χ0v) is 22.0. The SMILES string of the molecule is CCCOC(=O)Oc1ccc(C[C@H](NCC(C)OC(=O)Oc2ccccc2)C(=O)O)cc1OC(=O)OCCC. The summed E-state index contributed by atoms with van der Waals surface area (Å²) in [5.41, 5.74) is 0.444. The minimum Gasteiger partial charge on any atom is -0.480 e. The highest BCUT2D eigenvalue weighted by molar-refractivity contribution is 5.74. The zero-order valence-electron chi connectivity index (χ0n) is 22.0. The van der Waals surface area contributed by atoms with Gasteiger partial charge in [0, 0.05) is 6.54 Å². The van der Waals surface area contributed by atoms with Crippen molar-refractivity contribution in [2.24, 2.45) is 0 Å². The first-order valence-electron chi connectivity index (χ1n) is 12.4. The van der Waals surface area contributed by atoms with Crippen molar-refractivity contribution in [2.45, 2.75) is 52.2 Å². The van der Waals surface area contributed by atoms with E-state index < -0.39 is 36.6 Å². The Balaban J connectivity index is 2.04. The number of nitrogens with one attached hydrogen (secondary N) is 1. The van der Waals surface area contributed by atoms with Gasteiger partial charge in [-0.05, 0) is 56.0 Å². The molecule has 2 atom stereocenters. The third-order valence-corrected chi connectivity index (χ3v) is 4.87. The molecular formula is C27H33NO11. The number of hydrogen-bond donors (Lipinski definition) is 2. The van der Waals surface area contributed by atoms with Crippen LogP contribution in [0.25, 0.3) is 0 Å². The Morgan fingerprint density at radius 1 is 0.821 bits per heavy atom. The quantitative estimate of drug-likeness (QED) is 0.191. The fourth-order valence-corrected chi connectivity index (χ4v) is 3.06. The molecule has 39 heavy (non-hydrogen) atoms. The maximum absolute atomic E-state index is 12.0. The highest BCUT2D eigenvalue weighted by atomic mass is 16.7. The molecule has 2 rings (SSSR count). The summed E-state index contributed by atoms with van der Waals surface area (Å²) in [6.45, 7) is 5.48. The summed E-state index contributed by atoms with van der Waals surface area (Å²) in [5, 5.41) is 12.5. The molecule has 0 spiro atoms. The van der Waals surface area contributed by atoms with Gasteiger partial charge in [0.25, 0.3) is 0 Å². The van der Waals surface area contributed by atoms with Gasteiger partial charge in [0.15, 0.2) is 11.5 Å². The Labute approximate surface area is 226 Å². The van der Waals surface area contributed by atoms with E-state index in [9.17, 15) is 24.3 Å². The van der Waals surface area contributed by atoms with Crippen LogP contribution in [0.15, 0.2) is 48.5 Å². The van der Waals surface area contributed by atoms with Crippen LogP contribution in [0.5, 0.6) is 17.2 Å². The van der Waals surface area contributed by atoms with Gasteiger partial charge in [-0.2, -0.15) is 0 Å². The number of para-hydroxylation sites is 1. The van der Waals surface area contributed by atoms with Gasteiger partial charge in [-0.25, -0.2) is 14.4 Å². The Morgan fingerprint density at radius 3 is 2.03 bits per heavy atom. The molecule has 2 aromatic carbocycles. The third kappa shape index (κ3) is 11.7. The lowest BCUT2D eigenvalue weighted by atomic mass is 10.0. The predicted octanol–water partition coefficient (Wildman–Crippen LogP) is 4.73. The van der Waals surface area contributed by atoms with E-state index >= 15 is 0 Å². The monoisotopic (exact) mass is 547 g/mol. The molecule has 0 aliphatic heterocycles. The van der Waals surface area contributed by atoms with Gasteiger partial charge in [0.05, 0.1) is 13.2 Å². The molecule has 0 amide bonds. The molecule has 1 unspecified atom stereocenters. The topological polar surface area (TPSA) is 156 Å². The first-order valence-corrected chi connectivity index (χ1v) is 12.4. The van der Waals surface area contributed by atoms with Gasteiger partial charge in [-0.1, -0.05) is 38.1 Å². The molecule has 0 saturated heterocycles. The van der Waals surface area contributed by atoms with Crippen LogP contribution >= 0.6 is 0 Å². The maximum atomic E-state index is 12.0. The van der Waals surface area contributed by atoms with E-state index in [4.69, 9.17) is 28.4 Å². The molecule has 0 radical (unpaired) electrons. The minimum absolute atomic E-state index is 0.0119. The van der Waals surface area contributed by atoms with Crippen molar-refractivity contribution in [1.82, 2.24) is 5.32 Å². The number of carboxylic acid groups (broad SMARTS) is 1. The summed E-state index contributed by atoms with van der Waals surface area (Å²) in [7, 11) is 0.